The van der Waals surface area contributed by atoms with E-state index in [1.807, 2.05) is 12.1 Å². The summed E-state index contributed by atoms with van der Waals surface area (Å²) in [5, 5.41) is 7.18. The van der Waals surface area contributed by atoms with Gasteiger partial charge in [-0.25, -0.2) is 0 Å². The van der Waals surface area contributed by atoms with Crippen LogP contribution in [0.5, 0.6) is 0 Å². The van der Waals surface area contributed by atoms with Gasteiger partial charge in [-0.15, -0.1) is 0 Å². The Labute approximate surface area is 73.2 Å². The fourth-order valence-corrected chi connectivity index (χ4v) is 1.17. The Kier molecular flexibility index (Phi) is 2.27. The molecule has 1 heterocycles. The summed E-state index contributed by atoms with van der Waals surface area (Å²) in [7, 11) is 0. The van der Waals surface area contributed by atoms with Gasteiger partial charge in [-0.3, -0.25) is 4.98 Å². The Morgan fingerprint density at radius 2 is 2.08 bits per heavy atom. The van der Waals surface area contributed by atoms with Gasteiger partial charge in [-0.2, -0.15) is 0 Å². The van der Waals surface area contributed by atoms with Gasteiger partial charge in [0.15, 0.2) is 0 Å². The number of rotatable bonds is 1. The van der Waals surface area contributed by atoms with Gasteiger partial charge >= 0.3 is 0 Å². The second-order valence-electron chi connectivity index (χ2n) is 3.83. The highest BCUT2D eigenvalue weighted by atomic mass is 14.7. The summed E-state index contributed by atoms with van der Waals surface area (Å²) in [6.45, 7) is 6.37. The minimum Gasteiger partial charge on any atom is -0.306 e. The molecular weight excluding hydrogens is 148 g/mol. The van der Waals surface area contributed by atoms with E-state index in [0.29, 0.717) is 0 Å². The largest absolute Gasteiger partial charge is 0.306 e. The minimum absolute atomic E-state index is 0.0706. The van der Waals surface area contributed by atoms with E-state index in [1.54, 1.807) is 6.20 Å². The molecule has 0 saturated carbocycles. The van der Waals surface area contributed by atoms with Gasteiger partial charge in [0, 0.05) is 12.4 Å². The van der Waals surface area contributed by atoms with Gasteiger partial charge in [0.2, 0.25) is 0 Å². The molecule has 64 valence electrons. The second-order valence-corrected chi connectivity index (χ2v) is 3.83. The van der Waals surface area contributed by atoms with E-state index in [1.165, 1.54) is 6.21 Å². The van der Waals surface area contributed by atoms with Crippen molar-refractivity contribution in [3.05, 3.63) is 29.6 Å². The minimum atomic E-state index is 0.0706. The van der Waals surface area contributed by atoms with Crippen molar-refractivity contribution in [3.8, 4) is 0 Å². The van der Waals surface area contributed by atoms with Crippen LogP contribution in [0.1, 0.15) is 32.0 Å². The van der Waals surface area contributed by atoms with E-state index in [2.05, 4.69) is 25.8 Å². The predicted molar refractivity (Wildman–Crippen MR) is 50.8 cm³/mol. The molecule has 0 amide bonds. The molecule has 1 rings (SSSR count). The Hall–Kier alpha value is -1.18. The summed E-state index contributed by atoms with van der Waals surface area (Å²) in [6.07, 6.45) is 3.02. The highest BCUT2D eigenvalue weighted by Crippen LogP contribution is 2.23. The third-order valence-electron chi connectivity index (χ3n) is 1.78. The molecule has 0 aliphatic carbocycles. The molecule has 12 heavy (non-hydrogen) atoms. The van der Waals surface area contributed by atoms with Crippen LogP contribution in [0.4, 0.5) is 0 Å². The van der Waals surface area contributed by atoms with E-state index in [9.17, 15) is 0 Å². The first-order valence-electron chi connectivity index (χ1n) is 4.01. The van der Waals surface area contributed by atoms with Crippen molar-refractivity contribution in [2.45, 2.75) is 26.2 Å². The third-order valence-corrected chi connectivity index (χ3v) is 1.78. The molecule has 0 aliphatic rings. The molecule has 0 aromatic carbocycles. The smallest absolute Gasteiger partial charge is 0.0842 e. The van der Waals surface area contributed by atoms with Crippen molar-refractivity contribution in [1.29, 1.82) is 5.41 Å². The molecule has 0 radical (unpaired) electrons. The van der Waals surface area contributed by atoms with Gasteiger partial charge in [-0.05, 0) is 17.0 Å². The molecule has 1 N–H and O–H groups in total. The topological polar surface area (TPSA) is 36.7 Å². The van der Waals surface area contributed by atoms with Gasteiger partial charge < -0.3 is 5.41 Å². The highest BCUT2D eigenvalue weighted by molar-refractivity contribution is 5.76. The summed E-state index contributed by atoms with van der Waals surface area (Å²) in [5.74, 6) is 0. The van der Waals surface area contributed by atoms with E-state index in [-0.39, 0.29) is 5.41 Å². The maximum atomic E-state index is 7.18. The van der Waals surface area contributed by atoms with Crippen molar-refractivity contribution < 1.29 is 0 Å². The summed E-state index contributed by atoms with van der Waals surface area (Å²) in [4.78, 5) is 4.12. The number of pyridine rings is 1. The number of nitrogens with one attached hydrogen (secondary N) is 1. The molecule has 2 heteroatoms. The van der Waals surface area contributed by atoms with Crippen LogP contribution < -0.4 is 0 Å². The van der Waals surface area contributed by atoms with Crippen LogP contribution >= 0.6 is 0 Å². The molecule has 2 nitrogen and oxygen atoms in total. The molecule has 0 spiro atoms. The van der Waals surface area contributed by atoms with Gasteiger partial charge in [0.05, 0.1) is 5.69 Å². The zero-order valence-electron chi connectivity index (χ0n) is 7.76. The van der Waals surface area contributed by atoms with Crippen molar-refractivity contribution in [3.63, 3.8) is 0 Å². The first-order chi connectivity index (χ1) is 5.55. The highest BCUT2D eigenvalue weighted by Gasteiger charge is 2.16. The number of hydrogen-bond acceptors (Lipinski definition) is 2. The fraction of sp³-hybridized carbons (Fsp3) is 0.400. The normalized spacial score (nSPS) is 11.2. The van der Waals surface area contributed by atoms with Crippen LogP contribution in [0.3, 0.4) is 0 Å². The van der Waals surface area contributed by atoms with Crippen LogP contribution in [-0.4, -0.2) is 11.2 Å². The van der Waals surface area contributed by atoms with Gasteiger partial charge in [0.25, 0.3) is 0 Å². The summed E-state index contributed by atoms with van der Waals surface area (Å²) in [5.41, 5.74) is 1.96. The maximum absolute atomic E-state index is 7.18. The summed E-state index contributed by atoms with van der Waals surface area (Å²) >= 11 is 0. The standard InChI is InChI=1S/C10H14N2/c1-10(2,3)8-5-4-6-12-9(8)7-11/h4-7,11H,1-3H3. The number of aromatic nitrogens is 1. The number of nitrogens with zero attached hydrogens (tertiary/aromatic N) is 1. The Bertz CT molecular complexity index is 284. The first-order valence-corrected chi connectivity index (χ1v) is 4.01. The second kappa shape index (κ2) is 3.05. The average Bonchev–Trinajstić information content (AvgIpc) is 2.03. The summed E-state index contributed by atoms with van der Waals surface area (Å²) < 4.78 is 0. The van der Waals surface area contributed by atoms with Crippen LogP contribution in [0.25, 0.3) is 0 Å². The molecular formula is C10H14N2. The zero-order valence-corrected chi connectivity index (χ0v) is 7.76. The molecule has 0 aliphatic heterocycles. The number of hydrogen-bond donors (Lipinski definition) is 1. The van der Waals surface area contributed by atoms with Crippen LogP contribution in [0.15, 0.2) is 18.3 Å². The van der Waals surface area contributed by atoms with Crippen LogP contribution in [-0.2, 0) is 5.41 Å². The molecule has 0 saturated heterocycles. The van der Waals surface area contributed by atoms with Crippen molar-refractivity contribution in [2.24, 2.45) is 0 Å². The predicted octanol–water partition coefficient (Wildman–Crippen LogP) is 2.38. The monoisotopic (exact) mass is 162 g/mol. The zero-order chi connectivity index (χ0) is 9.19. The van der Waals surface area contributed by atoms with Crippen molar-refractivity contribution in [2.75, 3.05) is 0 Å². The average molecular weight is 162 g/mol. The molecule has 0 fully saturated rings. The van der Waals surface area contributed by atoms with Gasteiger partial charge in [-0.1, -0.05) is 26.8 Å². The van der Waals surface area contributed by atoms with E-state index in [0.717, 1.165) is 11.3 Å². The Morgan fingerprint density at radius 1 is 1.42 bits per heavy atom. The quantitative estimate of drug-likeness (QED) is 0.632. The Balaban J connectivity index is 3.23. The van der Waals surface area contributed by atoms with Crippen molar-refractivity contribution in [1.82, 2.24) is 4.98 Å². The lowest BCUT2D eigenvalue weighted by Gasteiger charge is -2.20. The summed E-state index contributed by atoms with van der Waals surface area (Å²) in [6, 6.07) is 3.93. The molecule has 1 aromatic rings. The van der Waals surface area contributed by atoms with Crippen LogP contribution in [0, 0.1) is 5.41 Å². The first kappa shape index (κ1) is 8.91. The third kappa shape index (κ3) is 1.70. The Morgan fingerprint density at radius 3 is 2.50 bits per heavy atom. The van der Waals surface area contributed by atoms with E-state index in [4.69, 9.17) is 5.41 Å². The van der Waals surface area contributed by atoms with Crippen LogP contribution in [0.2, 0.25) is 0 Å². The molecule has 0 bridgehead atoms. The maximum Gasteiger partial charge on any atom is 0.0842 e. The molecule has 0 atom stereocenters. The van der Waals surface area contributed by atoms with Crippen molar-refractivity contribution >= 4 is 6.21 Å². The fourth-order valence-electron chi connectivity index (χ4n) is 1.17. The lowest BCUT2D eigenvalue weighted by molar-refractivity contribution is 0.586. The lowest BCUT2D eigenvalue weighted by atomic mass is 9.86. The van der Waals surface area contributed by atoms with Gasteiger partial charge in [0.1, 0.15) is 0 Å². The SMILES string of the molecule is CC(C)(C)c1cccnc1C=N. The lowest BCUT2D eigenvalue weighted by Crippen LogP contribution is -2.14. The van der Waals surface area contributed by atoms with E-state index >= 15 is 0 Å². The van der Waals surface area contributed by atoms with E-state index < -0.39 is 0 Å². The molecule has 0 unspecified atom stereocenters. The molecule has 1 aromatic heterocycles.